The van der Waals surface area contributed by atoms with Crippen LogP contribution in [0, 0.1) is 0 Å². The predicted molar refractivity (Wildman–Crippen MR) is 88.2 cm³/mol. The zero-order valence-electron chi connectivity index (χ0n) is 11.1. The Bertz CT molecular complexity index is 609. The van der Waals surface area contributed by atoms with Gasteiger partial charge in [-0.15, -0.1) is 11.3 Å². The fourth-order valence-corrected chi connectivity index (χ4v) is 4.32. The van der Waals surface area contributed by atoms with Crippen LogP contribution < -0.4 is 10.1 Å². The Morgan fingerprint density at radius 3 is 3.00 bits per heavy atom. The van der Waals surface area contributed by atoms with E-state index in [4.69, 9.17) is 16.3 Å². The van der Waals surface area contributed by atoms with Gasteiger partial charge in [0.2, 0.25) is 0 Å². The van der Waals surface area contributed by atoms with E-state index in [-0.39, 0.29) is 6.04 Å². The summed E-state index contributed by atoms with van der Waals surface area (Å²) in [5.74, 6) is 1.02. The van der Waals surface area contributed by atoms with Crippen molar-refractivity contribution in [3.8, 4) is 5.75 Å². The molecule has 0 saturated heterocycles. The summed E-state index contributed by atoms with van der Waals surface area (Å²) >= 11 is 11.3. The van der Waals surface area contributed by atoms with Crippen molar-refractivity contribution in [2.24, 2.45) is 0 Å². The summed E-state index contributed by atoms with van der Waals surface area (Å²) in [7, 11) is 0. The molecule has 0 bridgehead atoms. The van der Waals surface area contributed by atoms with Gasteiger partial charge in [-0.2, -0.15) is 0 Å². The number of benzene rings is 1. The van der Waals surface area contributed by atoms with Gasteiger partial charge in [0.05, 0.1) is 12.6 Å². The molecule has 1 aliphatic heterocycles. The summed E-state index contributed by atoms with van der Waals surface area (Å²) in [5.41, 5.74) is 2.56. The normalized spacial score (nSPS) is 14.9. The highest BCUT2D eigenvalue weighted by Crippen LogP contribution is 2.38. The van der Waals surface area contributed by atoms with Crippen LogP contribution >= 0.6 is 38.9 Å². The van der Waals surface area contributed by atoms with E-state index in [1.807, 2.05) is 0 Å². The SMILES string of the molecule is CCNC(c1ccc2c(c1)CCO2)c1cc(Br)c(Cl)s1. The van der Waals surface area contributed by atoms with E-state index in [1.165, 1.54) is 16.0 Å². The van der Waals surface area contributed by atoms with Crippen LogP contribution in [-0.4, -0.2) is 13.2 Å². The monoisotopic (exact) mass is 371 g/mol. The molecule has 2 nitrogen and oxygen atoms in total. The minimum atomic E-state index is 0.180. The highest BCUT2D eigenvalue weighted by Gasteiger charge is 2.20. The maximum absolute atomic E-state index is 6.18. The van der Waals surface area contributed by atoms with E-state index in [1.54, 1.807) is 11.3 Å². The highest BCUT2D eigenvalue weighted by molar-refractivity contribution is 9.10. The number of hydrogen-bond acceptors (Lipinski definition) is 3. The first kappa shape index (κ1) is 14.4. The van der Waals surface area contributed by atoms with Crippen molar-refractivity contribution in [3.63, 3.8) is 0 Å². The number of hydrogen-bond donors (Lipinski definition) is 1. The maximum atomic E-state index is 6.18. The summed E-state index contributed by atoms with van der Waals surface area (Å²) in [6.07, 6.45) is 0.997. The summed E-state index contributed by atoms with van der Waals surface area (Å²) < 4.78 is 7.34. The largest absolute Gasteiger partial charge is 0.493 e. The minimum Gasteiger partial charge on any atom is -0.493 e. The van der Waals surface area contributed by atoms with Crippen LogP contribution in [0.25, 0.3) is 0 Å². The lowest BCUT2D eigenvalue weighted by Crippen LogP contribution is -2.21. The van der Waals surface area contributed by atoms with Crippen LogP contribution in [0.5, 0.6) is 5.75 Å². The number of rotatable bonds is 4. The van der Waals surface area contributed by atoms with Gasteiger partial charge >= 0.3 is 0 Å². The number of fused-ring (bicyclic) bond motifs is 1. The van der Waals surface area contributed by atoms with Crippen molar-refractivity contribution >= 4 is 38.9 Å². The van der Waals surface area contributed by atoms with E-state index in [0.717, 1.165) is 34.1 Å². The lowest BCUT2D eigenvalue weighted by molar-refractivity contribution is 0.357. The molecule has 1 N–H and O–H groups in total. The fraction of sp³-hybridized carbons (Fsp3) is 0.333. The first-order valence-electron chi connectivity index (χ1n) is 6.62. The van der Waals surface area contributed by atoms with Crippen LogP contribution in [0.4, 0.5) is 0 Å². The molecule has 0 fully saturated rings. The predicted octanol–water partition coefficient (Wildman–Crippen LogP) is 4.80. The lowest BCUT2D eigenvalue weighted by atomic mass is 10.0. The molecule has 0 spiro atoms. The van der Waals surface area contributed by atoms with E-state index >= 15 is 0 Å². The van der Waals surface area contributed by atoms with E-state index in [9.17, 15) is 0 Å². The molecular formula is C15H15BrClNOS. The summed E-state index contributed by atoms with van der Waals surface area (Å²) in [6, 6.07) is 8.74. The van der Waals surface area contributed by atoms with Gasteiger partial charge in [0.15, 0.2) is 0 Å². The fourth-order valence-electron chi connectivity index (χ4n) is 2.48. The lowest BCUT2D eigenvalue weighted by Gasteiger charge is -2.17. The number of thiophene rings is 1. The molecule has 106 valence electrons. The first-order valence-corrected chi connectivity index (χ1v) is 8.61. The molecule has 0 aliphatic carbocycles. The molecule has 2 heterocycles. The third kappa shape index (κ3) is 2.75. The Morgan fingerprint density at radius 2 is 2.30 bits per heavy atom. The van der Waals surface area contributed by atoms with Crippen molar-refractivity contribution in [1.29, 1.82) is 0 Å². The Labute approximate surface area is 136 Å². The van der Waals surface area contributed by atoms with Crippen molar-refractivity contribution in [3.05, 3.63) is 49.1 Å². The van der Waals surface area contributed by atoms with Gasteiger partial charge in [0, 0.05) is 15.8 Å². The van der Waals surface area contributed by atoms with Gasteiger partial charge in [-0.3, -0.25) is 0 Å². The molecular weight excluding hydrogens is 358 g/mol. The van der Waals surface area contributed by atoms with Crippen LogP contribution in [0.2, 0.25) is 4.34 Å². The van der Waals surface area contributed by atoms with Crippen molar-refractivity contribution in [2.45, 2.75) is 19.4 Å². The molecule has 0 amide bonds. The summed E-state index contributed by atoms with van der Waals surface area (Å²) in [4.78, 5) is 1.22. The van der Waals surface area contributed by atoms with Gasteiger partial charge in [-0.1, -0.05) is 30.7 Å². The van der Waals surface area contributed by atoms with Gasteiger partial charge < -0.3 is 10.1 Å². The quantitative estimate of drug-likeness (QED) is 0.832. The van der Waals surface area contributed by atoms with Crippen LogP contribution in [0.15, 0.2) is 28.7 Å². The molecule has 20 heavy (non-hydrogen) atoms. The number of nitrogens with one attached hydrogen (secondary N) is 1. The smallest absolute Gasteiger partial charge is 0.122 e. The standard InChI is InChI=1S/C15H15BrClNOS/c1-2-18-14(13-8-11(16)15(17)20-13)10-3-4-12-9(7-10)5-6-19-12/h3-4,7-8,14,18H,2,5-6H2,1H3. The van der Waals surface area contributed by atoms with Crippen LogP contribution in [0.3, 0.4) is 0 Å². The molecule has 3 rings (SSSR count). The minimum absolute atomic E-state index is 0.180. The molecule has 1 aliphatic rings. The zero-order valence-corrected chi connectivity index (χ0v) is 14.2. The second kappa shape index (κ2) is 6.06. The number of halogens is 2. The van der Waals surface area contributed by atoms with E-state index in [2.05, 4.69) is 52.4 Å². The van der Waals surface area contributed by atoms with Gasteiger partial charge in [-0.05, 0) is 45.7 Å². The maximum Gasteiger partial charge on any atom is 0.122 e. The molecule has 1 aromatic heterocycles. The Balaban J connectivity index is 1.98. The third-order valence-corrected chi connectivity index (χ3v) is 5.94. The second-order valence-electron chi connectivity index (χ2n) is 4.73. The molecule has 1 unspecified atom stereocenters. The summed E-state index contributed by atoms with van der Waals surface area (Å²) in [6.45, 7) is 3.82. The Kier molecular flexibility index (Phi) is 4.36. The first-order chi connectivity index (χ1) is 9.69. The average Bonchev–Trinajstić information content (AvgIpc) is 3.02. The zero-order chi connectivity index (χ0) is 14.1. The molecule has 2 aromatic rings. The van der Waals surface area contributed by atoms with Crippen LogP contribution in [-0.2, 0) is 6.42 Å². The van der Waals surface area contributed by atoms with Gasteiger partial charge in [0.25, 0.3) is 0 Å². The number of ether oxygens (including phenoxy) is 1. The van der Waals surface area contributed by atoms with Crippen LogP contribution in [0.1, 0.15) is 29.0 Å². The summed E-state index contributed by atoms with van der Waals surface area (Å²) in [5, 5.41) is 3.54. The van der Waals surface area contributed by atoms with E-state index in [0.29, 0.717) is 0 Å². The van der Waals surface area contributed by atoms with Gasteiger partial charge in [-0.25, -0.2) is 0 Å². The molecule has 1 atom stereocenters. The van der Waals surface area contributed by atoms with Gasteiger partial charge in [0.1, 0.15) is 10.1 Å². The third-order valence-electron chi connectivity index (χ3n) is 3.40. The van der Waals surface area contributed by atoms with Crippen molar-refractivity contribution in [1.82, 2.24) is 5.32 Å². The molecule has 0 radical (unpaired) electrons. The molecule has 1 aromatic carbocycles. The average molecular weight is 373 g/mol. The highest BCUT2D eigenvalue weighted by atomic mass is 79.9. The Hall–Kier alpha value is -0.550. The van der Waals surface area contributed by atoms with E-state index < -0.39 is 0 Å². The Morgan fingerprint density at radius 1 is 1.45 bits per heavy atom. The molecule has 5 heteroatoms. The van der Waals surface area contributed by atoms with Crippen molar-refractivity contribution < 1.29 is 4.74 Å². The topological polar surface area (TPSA) is 21.3 Å². The second-order valence-corrected chi connectivity index (χ2v) is 7.27. The molecule has 0 saturated carbocycles. The van der Waals surface area contributed by atoms with Crippen molar-refractivity contribution in [2.75, 3.05) is 13.2 Å².